The molecule has 0 fully saturated rings. The molecule has 1 N–H and O–H groups in total. The van der Waals surface area contributed by atoms with E-state index in [-0.39, 0.29) is 5.75 Å². The van der Waals surface area contributed by atoms with Gasteiger partial charge in [0.1, 0.15) is 11.3 Å². The Kier molecular flexibility index (Phi) is 1.43. The summed E-state index contributed by atoms with van der Waals surface area (Å²) in [7, 11) is 0. The van der Waals surface area contributed by atoms with E-state index < -0.39 is 0 Å². The molecule has 2 aromatic rings. The van der Waals surface area contributed by atoms with Crippen LogP contribution in [0.5, 0.6) is 5.75 Å². The third-order valence-electron chi connectivity index (χ3n) is 1.81. The van der Waals surface area contributed by atoms with Gasteiger partial charge in [-0.05, 0) is 18.6 Å². The van der Waals surface area contributed by atoms with E-state index in [2.05, 4.69) is 9.97 Å². The van der Waals surface area contributed by atoms with E-state index in [1.807, 2.05) is 13.0 Å². The molecular formula is C9H8N2O. The highest BCUT2D eigenvalue weighted by molar-refractivity contribution is 5.83. The Morgan fingerprint density at radius 3 is 2.42 bits per heavy atom. The predicted octanol–water partition coefficient (Wildman–Crippen LogP) is 1.64. The van der Waals surface area contributed by atoms with Gasteiger partial charge in [-0.15, -0.1) is 0 Å². The summed E-state index contributed by atoms with van der Waals surface area (Å²) in [6.45, 7) is 1.94. The molecule has 0 spiro atoms. The van der Waals surface area contributed by atoms with Crippen molar-refractivity contribution < 1.29 is 5.11 Å². The summed E-state index contributed by atoms with van der Waals surface area (Å²) in [5.74, 6) is 0.184. The normalized spacial score (nSPS) is 10.4. The van der Waals surface area contributed by atoms with Gasteiger partial charge in [0, 0.05) is 12.4 Å². The number of aromatic nitrogens is 2. The van der Waals surface area contributed by atoms with Crippen molar-refractivity contribution in [2.45, 2.75) is 6.92 Å². The SMILES string of the molecule is Cc1ccc(O)c2nccnc12. The Balaban J connectivity index is 2.95. The van der Waals surface area contributed by atoms with E-state index in [0.29, 0.717) is 5.52 Å². The number of aryl methyl sites for hydroxylation is 1. The molecule has 3 heteroatoms. The van der Waals surface area contributed by atoms with Gasteiger partial charge in [0.25, 0.3) is 0 Å². The molecule has 0 saturated heterocycles. The molecule has 0 aliphatic carbocycles. The number of phenols is 1. The lowest BCUT2D eigenvalue weighted by Crippen LogP contribution is -1.85. The van der Waals surface area contributed by atoms with Crippen molar-refractivity contribution in [3.05, 3.63) is 30.1 Å². The summed E-state index contributed by atoms with van der Waals surface area (Å²) in [6.07, 6.45) is 3.19. The maximum Gasteiger partial charge on any atom is 0.143 e. The Labute approximate surface area is 69.7 Å². The van der Waals surface area contributed by atoms with Gasteiger partial charge in [0.05, 0.1) is 5.52 Å². The average molecular weight is 160 g/mol. The molecule has 0 amide bonds. The van der Waals surface area contributed by atoms with E-state index in [0.717, 1.165) is 11.1 Å². The Hall–Kier alpha value is -1.64. The maximum absolute atomic E-state index is 9.39. The Morgan fingerprint density at radius 1 is 1.08 bits per heavy atom. The lowest BCUT2D eigenvalue weighted by Gasteiger charge is -2.00. The first kappa shape index (κ1) is 7.03. The van der Waals surface area contributed by atoms with Crippen LogP contribution in [0.25, 0.3) is 11.0 Å². The van der Waals surface area contributed by atoms with E-state index in [4.69, 9.17) is 0 Å². The van der Waals surface area contributed by atoms with E-state index in [1.165, 1.54) is 0 Å². The highest BCUT2D eigenvalue weighted by atomic mass is 16.3. The summed E-state index contributed by atoms with van der Waals surface area (Å²) < 4.78 is 0. The Morgan fingerprint density at radius 2 is 1.75 bits per heavy atom. The second-order valence-corrected chi connectivity index (χ2v) is 2.66. The number of fused-ring (bicyclic) bond motifs is 1. The monoisotopic (exact) mass is 160 g/mol. The zero-order valence-electron chi connectivity index (χ0n) is 6.65. The first-order valence-corrected chi connectivity index (χ1v) is 3.68. The smallest absolute Gasteiger partial charge is 0.143 e. The molecule has 2 rings (SSSR count). The number of phenolic OH excluding ortho intramolecular Hbond substituents is 1. The molecule has 0 saturated carbocycles. The topological polar surface area (TPSA) is 46.0 Å². The quantitative estimate of drug-likeness (QED) is 0.637. The van der Waals surface area contributed by atoms with Gasteiger partial charge in [-0.2, -0.15) is 0 Å². The standard InChI is InChI=1S/C9H8N2O/c1-6-2-3-7(12)9-8(6)10-4-5-11-9/h2-5,12H,1H3. The van der Waals surface area contributed by atoms with Crippen LogP contribution < -0.4 is 0 Å². The molecule has 3 nitrogen and oxygen atoms in total. The van der Waals surface area contributed by atoms with Gasteiger partial charge >= 0.3 is 0 Å². The molecule has 0 bridgehead atoms. The zero-order chi connectivity index (χ0) is 8.55. The van der Waals surface area contributed by atoms with Crippen molar-refractivity contribution in [2.75, 3.05) is 0 Å². The van der Waals surface area contributed by atoms with Crippen LogP contribution in [0.2, 0.25) is 0 Å². The molecular weight excluding hydrogens is 152 g/mol. The van der Waals surface area contributed by atoms with Gasteiger partial charge in [-0.1, -0.05) is 6.07 Å². The third-order valence-corrected chi connectivity index (χ3v) is 1.81. The summed E-state index contributed by atoms with van der Waals surface area (Å²) in [6, 6.07) is 3.46. The molecule has 60 valence electrons. The fourth-order valence-corrected chi connectivity index (χ4v) is 1.18. The highest BCUT2D eigenvalue weighted by Crippen LogP contribution is 2.22. The molecule has 0 radical (unpaired) electrons. The van der Waals surface area contributed by atoms with Crippen molar-refractivity contribution in [1.29, 1.82) is 0 Å². The molecule has 0 aliphatic heterocycles. The summed E-state index contributed by atoms with van der Waals surface area (Å²) >= 11 is 0. The molecule has 12 heavy (non-hydrogen) atoms. The van der Waals surface area contributed by atoms with Crippen molar-refractivity contribution in [3.63, 3.8) is 0 Å². The van der Waals surface area contributed by atoms with Crippen LogP contribution in [0.3, 0.4) is 0 Å². The van der Waals surface area contributed by atoms with Crippen LogP contribution in [0.1, 0.15) is 5.56 Å². The minimum Gasteiger partial charge on any atom is -0.506 e. The first-order chi connectivity index (χ1) is 5.79. The van der Waals surface area contributed by atoms with Crippen molar-refractivity contribution in [3.8, 4) is 5.75 Å². The van der Waals surface area contributed by atoms with Gasteiger partial charge in [-0.3, -0.25) is 4.98 Å². The van der Waals surface area contributed by atoms with Gasteiger partial charge in [-0.25, -0.2) is 4.98 Å². The number of aromatic hydroxyl groups is 1. The minimum absolute atomic E-state index is 0.184. The molecule has 1 heterocycles. The van der Waals surface area contributed by atoms with Gasteiger partial charge in [0.2, 0.25) is 0 Å². The van der Waals surface area contributed by atoms with Gasteiger partial charge in [0.15, 0.2) is 0 Å². The number of nitrogens with zero attached hydrogens (tertiary/aromatic N) is 2. The van der Waals surface area contributed by atoms with E-state index >= 15 is 0 Å². The second kappa shape index (κ2) is 2.44. The van der Waals surface area contributed by atoms with Crippen molar-refractivity contribution >= 4 is 11.0 Å². The minimum atomic E-state index is 0.184. The lowest BCUT2D eigenvalue weighted by molar-refractivity contribution is 0.480. The van der Waals surface area contributed by atoms with Crippen LogP contribution in [-0.4, -0.2) is 15.1 Å². The molecule has 1 aromatic heterocycles. The average Bonchev–Trinajstić information content (AvgIpc) is 2.12. The van der Waals surface area contributed by atoms with E-state index in [9.17, 15) is 5.11 Å². The fraction of sp³-hybridized carbons (Fsp3) is 0.111. The lowest BCUT2D eigenvalue weighted by atomic mass is 10.2. The summed E-state index contributed by atoms with van der Waals surface area (Å²) in [5.41, 5.74) is 2.35. The van der Waals surface area contributed by atoms with Crippen LogP contribution >= 0.6 is 0 Å². The number of benzene rings is 1. The summed E-state index contributed by atoms with van der Waals surface area (Å²) in [4.78, 5) is 8.15. The van der Waals surface area contributed by atoms with Crippen LogP contribution in [0.4, 0.5) is 0 Å². The second-order valence-electron chi connectivity index (χ2n) is 2.66. The number of rotatable bonds is 0. The molecule has 1 aromatic carbocycles. The number of hydrogen-bond acceptors (Lipinski definition) is 3. The van der Waals surface area contributed by atoms with Crippen LogP contribution in [0.15, 0.2) is 24.5 Å². The van der Waals surface area contributed by atoms with Crippen molar-refractivity contribution in [1.82, 2.24) is 9.97 Å². The third kappa shape index (κ3) is 0.906. The first-order valence-electron chi connectivity index (χ1n) is 3.68. The molecule has 0 aliphatic rings. The van der Waals surface area contributed by atoms with E-state index in [1.54, 1.807) is 18.5 Å². The zero-order valence-corrected chi connectivity index (χ0v) is 6.65. The summed E-state index contributed by atoms with van der Waals surface area (Å²) in [5, 5.41) is 9.39. The Bertz CT molecular complexity index is 385. The maximum atomic E-state index is 9.39. The highest BCUT2D eigenvalue weighted by Gasteiger charge is 2.02. The molecule has 0 atom stereocenters. The fourth-order valence-electron chi connectivity index (χ4n) is 1.18. The van der Waals surface area contributed by atoms with Gasteiger partial charge < -0.3 is 5.11 Å². The largest absolute Gasteiger partial charge is 0.506 e. The number of hydrogen-bond donors (Lipinski definition) is 1. The van der Waals surface area contributed by atoms with Crippen LogP contribution in [-0.2, 0) is 0 Å². The molecule has 0 unspecified atom stereocenters. The van der Waals surface area contributed by atoms with Crippen LogP contribution in [0, 0.1) is 6.92 Å². The van der Waals surface area contributed by atoms with Crippen molar-refractivity contribution in [2.24, 2.45) is 0 Å². The predicted molar refractivity (Wildman–Crippen MR) is 45.9 cm³/mol.